The van der Waals surface area contributed by atoms with Crippen molar-refractivity contribution in [2.75, 3.05) is 13.7 Å². The van der Waals surface area contributed by atoms with Crippen LogP contribution < -0.4 is 0 Å². The summed E-state index contributed by atoms with van der Waals surface area (Å²) in [5.74, 6) is -0.204. The van der Waals surface area contributed by atoms with Gasteiger partial charge in [-0.3, -0.25) is 4.79 Å². The van der Waals surface area contributed by atoms with Crippen LogP contribution in [-0.2, 0) is 14.3 Å². The van der Waals surface area contributed by atoms with Crippen molar-refractivity contribution in [1.29, 1.82) is 0 Å². The molecule has 2 fully saturated rings. The normalized spacial score (nSPS) is 27.5. The number of hydrogen-bond donors (Lipinski definition) is 1. The largest absolute Gasteiger partial charge is 0.481 e. The third-order valence-electron chi connectivity index (χ3n) is 4.93. The molecule has 0 saturated carbocycles. The molecule has 0 spiro atoms. The van der Waals surface area contributed by atoms with Crippen LogP contribution >= 0.6 is 0 Å². The molecule has 2 saturated heterocycles. The van der Waals surface area contributed by atoms with Gasteiger partial charge in [-0.2, -0.15) is 5.10 Å². The molecule has 0 aromatic rings. The molecule has 0 aliphatic carbocycles. The first kappa shape index (κ1) is 20.4. The molecule has 2 rings (SSSR count). The van der Waals surface area contributed by atoms with Crippen molar-refractivity contribution in [3.8, 4) is 0 Å². The van der Waals surface area contributed by atoms with Crippen LogP contribution in [0.1, 0.15) is 51.9 Å². The average molecular weight is 366 g/mol. The number of carboxylic acid groups (broad SMARTS) is 1. The second-order valence-corrected chi connectivity index (χ2v) is 6.93. The molecule has 4 atom stereocenters. The van der Waals surface area contributed by atoms with E-state index in [2.05, 4.69) is 17.3 Å². The molecular formula is C19H30N2O5. The fourth-order valence-corrected chi connectivity index (χ4v) is 3.58. The number of aliphatic carboxylic acids is 1. The molecule has 146 valence electrons. The van der Waals surface area contributed by atoms with E-state index >= 15 is 0 Å². The van der Waals surface area contributed by atoms with Crippen LogP contribution in [0.2, 0.25) is 0 Å². The molecule has 2 aliphatic rings. The third-order valence-corrected chi connectivity index (χ3v) is 4.93. The summed E-state index contributed by atoms with van der Waals surface area (Å²) in [5.41, 5.74) is 0. The summed E-state index contributed by atoms with van der Waals surface area (Å²) < 4.78 is 11.1. The molecule has 26 heavy (non-hydrogen) atoms. The van der Waals surface area contributed by atoms with Crippen LogP contribution in [0.25, 0.3) is 0 Å². The second-order valence-electron chi connectivity index (χ2n) is 6.93. The standard InChI is InChI=1S/C19H30N2O5/c1-3-12-25-19(24)21(2)20-13-15-14(16-10-11-17(15)26-16)8-6-4-5-7-9-18(22)23/h4,6,13-17H,3,5,7-12H2,1-2H3,(H,22,23)/b6-4-,20-13?/t14-,15+,16-,17+/m1/s1. The summed E-state index contributed by atoms with van der Waals surface area (Å²) in [6.45, 7) is 2.34. The van der Waals surface area contributed by atoms with Crippen molar-refractivity contribution in [2.45, 2.75) is 64.1 Å². The molecule has 7 heteroatoms. The lowest BCUT2D eigenvalue weighted by Crippen LogP contribution is -2.30. The number of carboxylic acids is 1. The maximum atomic E-state index is 11.8. The summed E-state index contributed by atoms with van der Waals surface area (Å²) in [4.78, 5) is 22.3. The predicted octanol–water partition coefficient (Wildman–Crippen LogP) is 3.45. The minimum atomic E-state index is -0.752. The van der Waals surface area contributed by atoms with Gasteiger partial charge in [-0.25, -0.2) is 9.80 Å². The van der Waals surface area contributed by atoms with E-state index in [0.717, 1.165) is 32.1 Å². The van der Waals surface area contributed by atoms with Crippen LogP contribution in [-0.4, -0.2) is 54.3 Å². The van der Waals surface area contributed by atoms with E-state index in [0.29, 0.717) is 18.9 Å². The Morgan fingerprint density at radius 3 is 2.81 bits per heavy atom. The quantitative estimate of drug-likeness (QED) is 0.277. The van der Waals surface area contributed by atoms with Crippen LogP contribution in [0.5, 0.6) is 0 Å². The predicted molar refractivity (Wildman–Crippen MR) is 98.0 cm³/mol. The molecule has 2 heterocycles. The van der Waals surface area contributed by atoms with Gasteiger partial charge in [0.1, 0.15) is 0 Å². The summed E-state index contributed by atoms with van der Waals surface area (Å²) >= 11 is 0. The lowest BCUT2D eigenvalue weighted by molar-refractivity contribution is -0.137. The third kappa shape index (κ3) is 5.83. The number of hydrogen-bond acceptors (Lipinski definition) is 5. The molecule has 1 amide bonds. The Bertz CT molecular complexity index is 534. The van der Waals surface area contributed by atoms with Gasteiger partial charge in [-0.15, -0.1) is 0 Å². The highest BCUT2D eigenvalue weighted by Gasteiger charge is 2.47. The van der Waals surface area contributed by atoms with Gasteiger partial charge >= 0.3 is 12.1 Å². The molecule has 2 bridgehead atoms. The SMILES string of the molecule is CCCOC(=O)N(C)N=C[C@H]1[C@@H](C/C=C\CCCC(=O)O)[C@H]2CC[C@@H]1O2. The molecule has 0 radical (unpaired) electrons. The lowest BCUT2D eigenvalue weighted by atomic mass is 9.78. The number of fused-ring (bicyclic) bond motifs is 2. The second kappa shape index (κ2) is 10.3. The lowest BCUT2D eigenvalue weighted by Gasteiger charge is -2.24. The van der Waals surface area contributed by atoms with Crippen molar-refractivity contribution < 1.29 is 24.2 Å². The van der Waals surface area contributed by atoms with E-state index in [-0.39, 0.29) is 24.5 Å². The van der Waals surface area contributed by atoms with Gasteiger partial charge in [0.25, 0.3) is 0 Å². The number of nitrogens with zero attached hydrogens (tertiary/aromatic N) is 2. The summed E-state index contributed by atoms with van der Waals surface area (Å²) in [5, 5.41) is 14.2. The first-order valence-corrected chi connectivity index (χ1v) is 9.49. The number of hydrazone groups is 1. The van der Waals surface area contributed by atoms with E-state index in [1.165, 1.54) is 5.01 Å². The maximum Gasteiger partial charge on any atom is 0.430 e. The Morgan fingerprint density at radius 1 is 1.31 bits per heavy atom. The van der Waals surface area contributed by atoms with Crippen LogP contribution in [0.15, 0.2) is 17.3 Å². The molecule has 1 N–H and O–H groups in total. The van der Waals surface area contributed by atoms with Crippen LogP contribution in [0.4, 0.5) is 4.79 Å². The minimum Gasteiger partial charge on any atom is -0.481 e. The highest BCUT2D eigenvalue weighted by atomic mass is 16.6. The smallest absolute Gasteiger partial charge is 0.430 e. The monoisotopic (exact) mass is 366 g/mol. The van der Waals surface area contributed by atoms with Crippen LogP contribution in [0.3, 0.4) is 0 Å². The van der Waals surface area contributed by atoms with E-state index in [9.17, 15) is 9.59 Å². The first-order chi connectivity index (χ1) is 12.5. The highest BCUT2D eigenvalue weighted by Crippen LogP contribution is 2.44. The summed E-state index contributed by atoms with van der Waals surface area (Å²) in [7, 11) is 1.60. The Morgan fingerprint density at radius 2 is 2.08 bits per heavy atom. The van der Waals surface area contributed by atoms with Crippen LogP contribution in [0, 0.1) is 11.8 Å². The van der Waals surface area contributed by atoms with Gasteiger partial charge in [0.05, 0.1) is 18.8 Å². The fraction of sp³-hybridized carbons (Fsp3) is 0.737. The van der Waals surface area contributed by atoms with Gasteiger partial charge in [0.2, 0.25) is 0 Å². The van der Waals surface area contributed by atoms with Gasteiger partial charge in [0.15, 0.2) is 0 Å². The number of allylic oxidation sites excluding steroid dienone is 2. The topological polar surface area (TPSA) is 88.4 Å². The van der Waals surface area contributed by atoms with E-state index in [1.807, 2.05) is 13.1 Å². The first-order valence-electron chi connectivity index (χ1n) is 9.49. The van der Waals surface area contributed by atoms with Crippen molar-refractivity contribution in [3.05, 3.63) is 12.2 Å². The molecule has 0 unspecified atom stereocenters. The highest BCUT2D eigenvalue weighted by molar-refractivity contribution is 5.70. The van der Waals surface area contributed by atoms with Gasteiger partial charge in [-0.1, -0.05) is 19.1 Å². The Balaban J connectivity index is 1.83. The van der Waals surface area contributed by atoms with Crippen molar-refractivity contribution in [2.24, 2.45) is 16.9 Å². The molecule has 7 nitrogen and oxygen atoms in total. The number of amides is 1. The number of rotatable bonds is 10. The maximum absolute atomic E-state index is 11.8. The van der Waals surface area contributed by atoms with Gasteiger partial charge < -0.3 is 14.6 Å². The average Bonchev–Trinajstić information content (AvgIpc) is 3.21. The fourth-order valence-electron chi connectivity index (χ4n) is 3.58. The molecular weight excluding hydrogens is 336 g/mol. The van der Waals surface area contributed by atoms with E-state index in [4.69, 9.17) is 14.6 Å². The van der Waals surface area contributed by atoms with Gasteiger partial charge in [-0.05, 0) is 44.4 Å². The molecule has 0 aromatic carbocycles. The number of carbonyl (C=O) groups is 2. The summed E-state index contributed by atoms with van der Waals surface area (Å²) in [6.07, 6.45) is 11.4. The zero-order chi connectivity index (χ0) is 18.9. The number of ether oxygens (including phenoxy) is 2. The Hall–Kier alpha value is -1.89. The number of carbonyl (C=O) groups excluding carboxylic acids is 1. The van der Waals surface area contributed by atoms with Crippen molar-refractivity contribution in [1.82, 2.24) is 5.01 Å². The van der Waals surface area contributed by atoms with E-state index in [1.54, 1.807) is 7.05 Å². The Kier molecular flexibility index (Phi) is 8.09. The summed E-state index contributed by atoms with van der Waals surface area (Å²) in [6, 6.07) is 0. The Labute approximate surface area is 155 Å². The van der Waals surface area contributed by atoms with E-state index < -0.39 is 12.1 Å². The minimum absolute atomic E-state index is 0.175. The number of unbranched alkanes of at least 4 members (excludes halogenated alkanes) is 1. The molecule has 0 aromatic heterocycles. The zero-order valence-electron chi connectivity index (χ0n) is 15.7. The molecule has 2 aliphatic heterocycles. The zero-order valence-corrected chi connectivity index (χ0v) is 15.7. The van der Waals surface area contributed by atoms with Crippen molar-refractivity contribution >= 4 is 18.3 Å². The van der Waals surface area contributed by atoms with Gasteiger partial charge in [0, 0.05) is 25.6 Å². The van der Waals surface area contributed by atoms with Crippen molar-refractivity contribution in [3.63, 3.8) is 0 Å².